The van der Waals surface area contributed by atoms with Crippen LogP contribution >= 0.6 is 0 Å². The van der Waals surface area contributed by atoms with Crippen LogP contribution in [0.15, 0.2) is 48.9 Å². The van der Waals surface area contributed by atoms with Crippen LogP contribution in [0.1, 0.15) is 27.2 Å². The van der Waals surface area contributed by atoms with Crippen LogP contribution in [0, 0.1) is 6.92 Å². The highest BCUT2D eigenvalue weighted by Gasteiger charge is 2.14. The van der Waals surface area contributed by atoms with Crippen LogP contribution in [0.4, 0.5) is 5.69 Å². The summed E-state index contributed by atoms with van der Waals surface area (Å²) >= 11 is 0. The van der Waals surface area contributed by atoms with Gasteiger partial charge in [-0.05, 0) is 61.3 Å². The maximum Gasteiger partial charge on any atom is 0.257 e. The van der Waals surface area contributed by atoms with Crippen molar-refractivity contribution in [3.05, 3.63) is 71.3 Å². The Kier molecular flexibility index (Phi) is 4.03. The van der Waals surface area contributed by atoms with Crippen LogP contribution in [0.5, 0.6) is 0 Å². The molecule has 1 aromatic carbocycles. The molecule has 1 aliphatic heterocycles. The molecule has 0 saturated carbocycles. The van der Waals surface area contributed by atoms with Gasteiger partial charge in [-0.15, -0.1) is 0 Å². The van der Waals surface area contributed by atoms with Gasteiger partial charge in [-0.25, -0.2) is 4.68 Å². The van der Waals surface area contributed by atoms with Crippen LogP contribution < -0.4 is 10.6 Å². The number of aryl methyl sites for hydroxylation is 1. The molecule has 3 heterocycles. The Morgan fingerprint density at radius 3 is 3.04 bits per heavy atom. The highest BCUT2D eigenvalue weighted by Crippen LogP contribution is 2.20. The third kappa shape index (κ3) is 3.16. The van der Waals surface area contributed by atoms with Gasteiger partial charge in [0, 0.05) is 30.8 Å². The molecule has 0 bridgehead atoms. The first-order valence-corrected chi connectivity index (χ1v) is 8.31. The van der Waals surface area contributed by atoms with Crippen LogP contribution in [0.25, 0.3) is 5.69 Å². The average molecular weight is 333 g/mol. The Hall–Kier alpha value is -2.99. The summed E-state index contributed by atoms with van der Waals surface area (Å²) in [6, 6.07) is 9.67. The predicted octanol–water partition coefficient (Wildman–Crippen LogP) is 2.47. The molecule has 0 saturated heterocycles. The Labute approximate surface area is 145 Å². The number of amides is 1. The van der Waals surface area contributed by atoms with E-state index < -0.39 is 0 Å². The third-order valence-electron chi connectivity index (χ3n) is 4.41. The molecule has 6 heteroatoms. The molecular formula is C19H19N5O. The van der Waals surface area contributed by atoms with Gasteiger partial charge in [0.25, 0.3) is 5.91 Å². The van der Waals surface area contributed by atoms with Crippen molar-refractivity contribution in [1.82, 2.24) is 20.1 Å². The van der Waals surface area contributed by atoms with Crippen molar-refractivity contribution in [2.24, 2.45) is 0 Å². The number of benzene rings is 1. The number of rotatable bonds is 3. The van der Waals surface area contributed by atoms with Crippen LogP contribution in [-0.4, -0.2) is 27.2 Å². The second-order valence-electron chi connectivity index (χ2n) is 6.16. The maximum atomic E-state index is 12.6. The molecule has 126 valence electrons. The fraction of sp³-hybridized carbons (Fsp3) is 0.211. The Morgan fingerprint density at radius 1 is 1.32 bits per heavy atom. The summed E-state index contributed by atoms with van der Waals surface area (Å²) in [6.45, 7) is 3.67. The highest BCUT2D eigenvalue weighted by molar-refractivity contribution is 6.04. The molecule has 0 spiro atoms. The molecule has 0 fully saturated rings. The van der Waals surface area contributed by atoms with Crippen molar-refractivity contribution in [1.29, 1.82) is 0 Å². The number of carbonyl (C=O) groups is 1. The summed E-state index contributed by atoms with van der Waals surface area (Å²) in [5, 5.41) is 10.5. The Bertz CT molecular complexity index is 918. The van der Waals surface area contributed by atoms with E-state index >= 15 is 0 Å². The molecule has 6 nitrogen and oxygen atoms in total. The lowest BCUT2D eigenvalue weighted by Crippen LogP contribution is -2.25. The van der Waals surface area contributed by atoms with Crippen molar-refractivity contribution >= 4 is 11.6 Å². The smallest absolute Gasteiger partial charge is 0.257 e. The fourth-order valence-corrected chi connectivity index (χ4v) is 3.01. The van der Waals surface area contributed by atoms with Crippen LogP contribution in [0.3, 0.4) is 0 Å². The van der Waals surface area contributed by atoms with Gasteiger partial charge in [-0.3, -0.25) is 9.78 Å². The SMILES string of the molecule is Cc1cc(-n2cccn2)ccc1NC(=O)c1cnc2c(c1)CCNC2. The zero-order valence-electron chi connectivity index (χ0n) is 14.0. The standard InChI is InChI=1S/C19H19N5O/c1-13-9-16(24-8-2-6-22-24)3-4-17(13)23-19(25)15-10-14-5-7-20-12-18(14)21-11-15/h2-4,6,8-11,20H,5,7,12H2,1H3,(H,23,25). The number of anilines is 1. The lowest BCUT2D eigenvalue weighted by Gasteiger charge is -2.17. The lowest BCUT2D eigenvalue weighted by molar-refractivity contribution is 0.102. The summed E-state index contributed by atoms with van der Waals surface area (Å²) in [5.41, 5.74) is 5.51. The highest BCUT2D eigenvalue weighted by atomic mass is 16.1. The number of nitrogens with zero attached hydrogens (tertiary/aromatic N) is 3. The van der Waals surface area contributed by atoms with Crippen molar-refractivity contribution < 1.29 is 4.79 Å². The van der Waals surface area contributed by atoms with Crippen LogP contribution in [0.2, 0.25) is 0 Å². The summed E-state index contributed by atoms with van der Waals surface area (Å²) in [6.07, 6.45) is 6.18. The first-order chi connectivity index (χ1) is 12.2. The normalized spacial score (nSPS) is 13.3. The molecule has 2 N–H and O–H groups in total. The zero-order chi connectivity index (χ0) is 17.2. The predicted molar refractivity (Wildman–Crippen MR) is 95.9 cm³/mol. The monoisotopic (exact) mass is 333 g/mol. The number of hydrogen-bond acceptors (Lipinski definition) is 4. The molecule has 2 aromatic heterocycles. The quantitative estimate of drug-likeness (QED) is 0.772. The molecule has 0 aliphatic carbocycles. The summed E-state index contributed by atoms with van der Waals surface area (Å²) in [4.78, 5) is 17.0. The van der Waals surface area contributed by atoms with Crippen molar-refractivity contribution in [3.63, 3.8) is 0 Å². The third-order valence-corrected chi connectivity index (χ3v) is 4.41. The lowest BCUT2D eigenvalue weighted by atomic mass is 10.0. The minimum atomic E-state index is -0.135. The summed E-state index contributed by atoms with van der Waals surface area (Å²) < 4.78 is 1.79. The van der Waals surface area contributed by atoms with E-state index in [-0.39, 0.29) is 5.91 Å². The minimum absolute atomic E-state index is 0.135. The number of aromatic nitrogens is 3. The van der Waals surface area contributed by atoms with E-state index in [0.29, 0.717) is 5.56 Å². The van der Waals surface area contributed by atoms with Gasteiger partial charge in [0.2, 0.25) is 0 Å². The second-order valence-corrected chi connectivity index (χ2v) is 6.16. The first-order valence-electron chi connectivity index (χ1n) is 8.31. The van der Waals surface area contributed by atoms with Gasteiger partial charge in [0.1, 0.15) is 0 Å². The van der Waals surface area contributed by atoms with Gasteiger partial charge in [0.15, 0.2) is 0 Å². The molecule has 0 unspecified atom stereocenters. The molecule has 1 amide bonds. The van der Waals surface area contributed by atoms with Crippen molar-refractivity contribution in [3.8, 4) is 5.69 Å². The van der Waals surface area contributed by atoms with E-state index in [2.05, 4.69) is 20.7 Å². The van der Waals surface area contributed by atoms with Crippen molar-refractivity contribution in [2.75, 3.05) is 11.9 Å². The molecular weight excluding hydrogens is 314 g/mol. The van der Waals surface area contributed by atoms with Gasteiger partial charge in [-0.1, -0.05) is 0 Å². The summed E-state index contributed by atoms with van der Waals surface area (Å²) in [7, 11) is 0. The fourth-order valence-electron chi connectivity index (χ4n) is 3.01. The van der Waals surface area contributed by atoms with E-state index in [1.54, 1.807) is 17.1 Å². The minimum Gasteiger partial charge on any atom is -0.322 e. The number of carbonyl (C=O) groups excluding carboxylic acids is 1. The van der Waals surface area contributed by atoms with E-state index in [0.717, 1.165) is 47.7 Å². The number of hydrogen-bond donors (Lipinski definition) is 2. The van der Waals surface area contributed by atoms with Crippen molar-refractivity contribution in [2.45, 2.75) is 19.9 Å². The zero-order valence-corrected chi connectivity index (χ0v) is 14.0. The first kappa shape index (κ1) is 15.5. The molecule has 0 atom stereocenters. The average Bonchev–Trinajstić information content (AvgIpc) is 3.17. The topological polar surface area (TPSA) is 71.8 Å². The van der Waals surface area contributed by atoms with E-state index in [9.17, 15) is 4.79 Å². The second kappa shape index (κ2) is 6.49. The van der Waals surface area contributed by atoms with Gasteiger partial charge >= 0.3 is 0 Å². The molecule has 1 aliphatic rings. The van der Waals surface area contributed by atoms with E-state index in [4.69, 9.17) is 0 Å². The summed E-state index contributed by atoms with van der Waals surface area (Å²) in [5.74, 6) is -0.135. The van der Waals surface area contributed by atoms with E-state index in [1.807, 2.05) is 43.5 Å². The Morgan fingerprint density at radius 2 is 2.24 bits per heavy atom. The number of fused-ring (bicyclic) bond motifs is 1. The molecule has 0 radical (unpaired) electrons. The number of pyridine rings is 1. The van der Waals surface area contributed by atoms with Gasteiger partial charge in [-0.2, -0.15) is 5.10 Å². The molecule has 4 rings (SSSR count). The van der Waals surface area contributed by atoms with Gasteiger partial charge < -0.3 is 10.6 Å². The van der Waals surface area contributed by atoms with Crippen LogP contribution in [-0.2, 0) is 13.0 Å². The molecule has 3 aromatic rings. The Balaban J connectivity index is 1.54. The largest absolute Gasteiger partial charge is 0.322 e. The number of nitrogens with one attached hydrogen (secondary N) is 2. The maximum absolute atomic E-state index is 12.6. The van der Waals surface area contributed by atoms with Gasteiger partial charge in [0.05, 0.1) is 16.9 Å². The van der Waals surface area contributed by atoms with E-state index in [1.165, 1.54) is 0 Å². The molecule has 25 heavy (non-hydrogen) atoms.